The minimum atomic E-state index is 0.150. The highest BCUT2D eigenvalue weighted by atomic mass is 14.4. The van der Waals surface area contributed by atoms with Gasteiger partial charge in [-0.05, 0) is 149 Å². The summed E-state index contributed by atoms with van der Waals surface area (Å²) in [7, 11) is 0. The maximum atomic E-state index is 2.60. The first-order valence-electron chi connectivity index (χ1n) is 23.8. The van der Waals surface area contributed by atoms with Crippen LogP contribution in [0.2, 0.25) is 0 Å². The normalized spacial score (nSPS) is 15.6. The van der Waals surface area contributed by atoms with Crippen LogP contribution in [-0.2, 0) is 0 Å². The summed E-state index contributed by atoms with van der Waals surface area (Å²) in [5.41, 5.74) is 21.7. The van der Waals surface area contributed by atoms with Crippen LogP contribution < -0.4 is 0 Å². The van der Waals surface area contributed by atoms with Crippen molar-refractivity contribution in [2.45, 2.75) is 18.3 Å². The Balaban J connectivity index is 1.03. The molecule has 0 amide bonds. The van der Waals surface area contributed by atoms with Crippen LogP contribution in [0.25, 0.3) is 93.3 Å². The maximum absolute atomic E-state index is 2.60. The van der Waals surface area contributed by atoms with Crippen molar-refractivity contribution in [3.8, 4) is 22.3 Å². The molecule has 15 rings (SSSR count). The molecule has 0 saturated carbocycles. The summed E-state index contributed by atoms with van der Waals surface area (Å²) in [6.07, 6.45) is 10.8. The lowest BCUT2D eigenvalue weighted by atomic mass is 9.80. The molecule has 0 fully saturated rings. The second-order valence-electron chi connectivity index (χ2n) is 19.0. The Labute approximate surface area is 389 Å². The molecule has 1 atom stereocenters. The summed E-state index contributed by atoms with van der Waals surface area (Å²) >= 11 is 0. The van der Waals surface area contributed by atoms with Gasteiger partial charge >= 0.3 is 0 Å². The third kappa shape index (κ3) is 5.30. The van der Waals surface area contributed by atoms with E-state index in [1.165, 1.54) is 143 Å². The third-order valence-electron chi connectivity index (χ3n) is 15.6. The van der Waals surface area contributed by atoms with Gasteiger partial charge in [-0.25, -0.2) is 0 Å². The van der Waals surface area contributed by atoms with E-state index >= 15 is 0 Å². The first kappa shape index (κ1) is 37.0. The molecule has 0 radical (unpaired) electrons. The lowest BCUT2D eigenvalue weighted by Crippen LogP contribution is -2.06. The van der Waals surface area contributed by atoms with E-state index in [0.717, 1.165) is 6.42 Å². The molecular formula is C67H42. The number of hydrogen-bond acceptors (Lipinski definition) is 0. The molecule has 4 aliphatic carbocycles. The molecule has 11 aromatic carbocycles. The van der Waals surface area contributed by atoms with E-state index in [9.17, 15) is 0 Å². The van der Waals surface area contributed by atoms with E-state index in [4.69, 9.17) is 0 Å². The first-order chi connectivity index (χ1) is 33.2. The van der Waals surface area contributed by atoms with Crippen molar-refractivity contribution < 1.29 is 0 Å². The molecule has 4 aliphatic rings. The molecule has 0 spiro atoms. The molecule has 310 valence electrons. The van der Waals surface area contributed by atoms with Gasteiger partial charge in [-0.1, -0.05) is 231 Å². The minimum absolute atomic E-state index is 0.150. The fraction of sp³-hybridized carbons (Fsp3) is 0.0448. The van der Waals surface area contributed by atoms with Crippen LogP contribution in [-0.4, -0.2) is 0 Å². The average molecular weight is 847 g/mol. The van der Waals surface area contributed by atoms with E-state index in [1.807, 2.05) is 0 Å². The summed E-state index contributed by atoms with van der Waals surface area (Å²) in [6.45, 7) is 0. The zero-order valence-electron chi connectivity index (χ0n) is 36.8. The van der Waals surface area contributed by atoms with Gasteiger partial charge in [0.05, 0.1) is 0 Å². The second-order valence-corrected chi connectivity index (χ2v) is 19.0. The van der Waals surface area contributed by atoms with Gasteiger partial charge in [0.25, 0.3) is 0 Å². The molecule has 0 heterocycles. The lowest BCUT2D eigenvalue weighted by molar-refractivity contribution is 0.832. The Kier molecular flexibility index (Phi) is 7.77. The molecule has 0 aliphatic heterocycles. The van der Waals surface area contributed by atoms with Crippen molar-refractivity contribution in [1.82, 2.24) is 0 Å². The number of benzene rings is 11. The summed E-state index contributed by atoms with van der Waals surface area (Å²) in [6, 6.07) is 77.7. The Morgan fingerprint density at radius 1 is 0.373 bits per heavy atom. The summed E-state index contributed by atoms with van der Waals surface area (Å²) in [4.78, 5) is 0. The molecule has 0 aromatic heterocycles. The van der Waals surface area contributed by atoms with Crippen LogP contribution in [0.3, 0.4) is 0 Å². The lowest BCUT2D eigenvalue weighted by Gasteiger charge is -2.23. The highest BCUT2D eigenvalue weighted by Gasteiger charge is 2.37. The van der Waals surface area contributed by atoms with Crippen LogP contribution >= 0.6 is 0 Å². The predicted octanol–water partition coefficient (Wildman–Crippen LogP) is 17.6. The smallest absolute Gasteiger partial charge is 0.0364 e. The van der Waals surface area contributed by atoms with Gasteiger partial charge in [0.15, 0.2) is 0 Å². The monoisotopic (exact) mass is 846 g/mol. The van der Waals surface area contributed by atoms with E-state index in [2.05, 4.69) is 231 Å². The first-order valence-corrected chi connectivity index (χ1v) is 23.8. The molecule has 0 saturated heterocycles. The molecular weight excluding hydrogens is 805 g/mol. The average Bonchev–Trinajstić information content (AvgIpc) is 4.02. The molecule has 11 aromatic rings. The minimum Gasteiger partial charge on any atom is -0.0619 e. The van der Waals surface area contributed by atoms with Gasteiger partial charge < -0.3 is 0 Å². The van der Waals surface area contributed by atoms with Crippen molar-refractivity contribution in [3.05, 3.63) is 280 Å². The van der Waals surface area contributed by atoms with Gasteiger partial charge in [0.1, 0.15) is 0 Å². The quantitative estimate of drug-likeness (QED) is 0.166. The van der Waals surface area contributed by atoms with E-state index in [1.54, 1.807) is 0 Å². The van der Waals surface area contributed by atoms with Crippen molar-refractivity contribution in [2.24, 2.45) is 0 Å². The zero-order chi connectivity index (χ0) is 43.7. The van der Waals surface area contributed by atoms with Gasteiger partial charge in [-0.15, -0.1) is 0 Å². The topological polar surface area (TPSA) is 0 Å². The molecule has 0 nitrogen and oxygen atoms in total. The Bertz CT molecular complexity index is 3950. The van der Waals surface area contributed by atoms with Crippen molar-refractivity contribution >= 4 is 71.1 Å². The standard InChI is InChI=1S/C67H42/c1-7-19-47-41(13-1)25-31-53-59(54-32-26-42-14-2-8-20-48(42)63(54)62(47)53)37-40(38-60-55-33-27-43-15-3-9-21-49(43)64(55)65-50-22-10-4-16-44(50)28-34-56(60)65)39-61-57-35-29-45-17-5-11-23-51(45)66(57)67-52-24-12-6-18-46(52)30-36-58(61)67/h1-38,61-62H,39H2. The largest absolute Gasteiger partial charge is 0.0619 e. The number of allylic oxidation sites excluding steroid dienone is 6. The zero-order valence-corrected chi connectivity index (χ0v) is 36.8. The Hall–Kier alpha value is -8.32. The van der Waals surface area contributed by atoms with E-state index < -0.39 is 0 Å². The summed E-state index contributed by atoms with van der Waals surface area (Å²) < 4.78 is 0. The Morgan fingerprint density at radius 2 is 0.821 bits per heavy atom. The fourth-order valence-corrected chi connectivity index (χ4v) is 12.8. The molecule has 0 N–H and O–H groups in total. The summed E-state index contributed by atoms with van der Waals surface area (Å²) in [5.74, 6) is 0.302. The fourth-order valence-electron chi connectivity index (χ4n) is 12.8. The van der Waals surface area contributed by atoms with E-state index in [-0.39, 0.29) is 11.8 Å². The van der Waals surface area contributed by atoms with Crippen LogP contribution in [0.5, 0.6) is 0 Å². The number of rotatable bonds is 4. The Morgan fingerprint density at radius 3 is 1.39 bits per heavy atom. The van der Waals surface area contributed by atoms with Crippen LogP contribution in [0, 0.1) is 0 Å². The number of hydrogen-bond donors (Lipinski definition) is 0. The van der Waals surface area contributed by atoms with Gasteiger partial charge in [-0.2, -0.15) is 0 Å². The van der Waals surface area contributed by atoms with Crippen molar-refractivity contribution in [1.29, 1.82) is 0 Å². The molecule has 1 unspecified atom stereocenters. The second kappa shape index (κ2) is 14.1. The SMILES string of the molecule is C1=Cc2ccccc2C2C1=C(C=C(C=C1c3ccc4ccccc4c3-c3c1ccc1ccccc31)CC1c3ccc4ccccc4c3-c3c1ccc1ccccc31)c1ccc3ccccc3c12. The third-order valence-corrected chi connectivity index (χ3v) is 15.6. The van der Waals surface area contributed by atoms with Gasteiger partial charge in [-0.3, -0.25) is 0 Å². The van der Waals surface area contributed by atoms with Gasteiger partial charge in [0.2, 0.25) is 0 Å². The van der Waals surface area contributed by atoms with Crippen molar-refractivity contribution in [2.75, 3.05) is 0 Å². The van der Waals surface area contributed by atoms with Gasteiger partial charge in [0, 0.05) is 11.8 Å². The van der Waals surface area contributed by atoms with Crippen LogP contribution in [0.15, 0.2) is 236 Å². The number of fused-ring (bicyclic) bond motifs is 21. The maximum Gasteiger partial charge on any atom is 0.0364 e. The van der Waals surface area contributed by atoms with Crippen LogP contribution in [0.1, 0.15) is 62.8 Å². The highest BCUT2D eigenvalue weighted by Crippen LogP contribution is 2.57. The molecule has 0 heteroatoms. The van der Waals surface area contributed by atoms with Crippen molar-refractivity contribution in [3.63, 3.8) is 0 Å². The van der Waals surface area contributed by atoms with E-state index in [0.29, 0.717) is 0 Å². The molecule has 0 bridgehead atoms. The summed E-state index contributed by atoms with van der Waals surface area (Å²) in [5, 5.41) is 13.0. The highest BCUT2D eigenvalue weighted by molar-refractivity contribution is 6.19. The predicted molar refractivity (Wildman–Crippen MR) is 284 cm³/mol. The molecule has 67 heavy (non-hydrogen) atoms. The van der Waals surface area contributed by atoms with Crippen LogP contribution in [0.4, 0.5) is 0 Å².